The zero-order valence-electron chi connectivity index (χ0n) is 16.9. The fourth-order valence-electron chi connectivity index (χ4n) is 2.73. The largest absolute Gasteiger partial charge is 0.486 e. The van der Waals surface area contributed by atoms with Crippen LogP contribution in [0.25, 0.3) is 0 Å². The quantitative estimate of drug-likeness (QED) is 0.248. The van der Waals surface area contributed by atoms with Crippen LogP contribution in [0.5, 0.6) is 5.75 Å². The van der Waals surface area contributed by atoms with E-state index in [0.717, 1.165) is 19.4 Å². The van der Waals surface area contributed by atoms with Crippen molar-refractivity contribution in [2.24, 2.45) is 16.8 Å². The van der Waals surface area contributed by atoms with Gasteiger partial charge in [0.05, 0.1) is 6.54 Å². The first-order valence-corrected chi connectivity index (χ1v) is 9.50. The number of aliphatic imine (C=N–C) groups is 1. The van der Waals surface area contributed by atoms with Gasteiger partial charge in [0.2, 0.25) is 0 Å². The lowest BCUT2D eigenvalue weighted by Gasteiger charge is -2.19. The molecule has 27 heavy (non-hydrogen) atoms. The zero-order valence-corrected chi connectivity index (χ0v) is 19.2. The van der Waals surface area contributed by atoms with Crippen molar-refractivity contribution in [3.8, 4) is 5.75 Å². The van der Waals surface area contributed by atoms with E-state index in [1.807, 2.05) is 13.8 Å². The fourth-order valence-corrected chi connectivity index (χ4v) is 2.73. The Labute approximate surface area is 180 Å². The number of benzene rings is 1. The second-order valence-electron chi connectivity index (χ2n) is 6.97. The third-order valence-electron chi connectivity index (χ3n) is 3.92. The third kappa shape index (κ3) is 11.4. The first-order chi connectivity index (χ1) is 12.5. The fraction of sp³-hybridized carbons (Fsp3) is 0.650. The van der Waals surface area contributed by atoms with Crippen molar-refractivity contribution in [1.29, 1.82) is 0 Å². The summed E-state index contributed by atoms with van der Waals surface area (Å²) >= 11 is 0. The van der Waals surface area contributed by atoms with Crippen molar-refractivity contribution in [3.63, 3.8) is 0 Å². The van der Waals surface area contributed by atoms with Crippen molar-refractivity contribution >= 4 is 29.9 Å². The van der Waals surface area contributed by atoms with Crippen molar-refractivity contribution in [2.75, 3.05) is 26.2 Å². The molecule has 0 amide bonds. The van der Waals surface area contributed by atoms with E-state index in [4.69, 9.17) is 4.74 Å². The molecule has 0 saturated heterocycles. The molecule has 0 fully saturated rings. The molecule has 0 aliphatic carbocycles. The lowest BCUT2D eigenvalue weighted by Crippen LogP contribution is -2.42. The summed E-state index contributed by atoms with van der Waals surface area (Å²) in [5.41, 5.74) is 0. The predicted molar refractivity (Wildman–Crippen MR) is 121 cm³/mol. The molecule has 2 unspecified atom stereocenters. The van der Waals surface area contributed by atoms with Gasteiger partial charge in [0.25, 0.3) is 0 Å². The van der Waals surface area contributed by atoms with Crippen LogP contribution in [0.2, 0.25) is 0 Å². The summed E-state index contributed by atoms with van der Waals surface area (Å²) in [4.78, 5) is 4.64. The smallest absolute Gasteiger partial charge is 0.191 e. The SMILES string of the molecule is CCNC(=NCC(CCO)CC(C)C)NCC(C)Oc1ccccc1F.I. The van der Waals surface area contributed by atoms with Gasteiger partial charge >= 0.3 is 0 Å². The van der Waals surface area contributed by atoms with Crippen LogP contribution >= 0.6 is 24.0 Å². The molecule has 0 aliphatic heterocycles. The van der Waals surface area contributed by atoms with E-state index >= 15 is 0 Å². The molecular weight excluding hydrogens is 460 g/mol. The van der Waals surface area contributed by atoms with Gasteiger partial charge in [0, 0.05) is 19.7 Å². The second-order valence-corrected chi connectivity index (χ2v) is 6.97. The molecule has 0 bridgehead atoms. The Bertz CT molecular complexity index is 544. The van der Waals surface area contributed by atoms with Crippen LogP contribution in [-0.2, 0) is 0 Å². The number of halogens is 2. The molecule has 7 heteroatoms. The van der Waals surface area contributed by atoms with Gasteiger partial charge < -0.3 is 20.5 Å². The van der Waals surface area contributed by atoms with Gasteiger partial charge in [-0.25, -0.2) is 4.39 Å². The van der Waals surface area contributed by atoms with E-state index in [0.29, 0.717) is 30.9 Å². The molecule has 0 aromatic heterocycles. The van der Waals surface area contributed by atoms with Gasteiger partial charge in [0.1, 0.15) is 6.10 Å². The third-order valence-corrected chi connectivity index (χ3v) is 3.92. The van der Waals surface area contributed by atoms with Crippen molar-refractivity contribution in [3.05, 3.63) is 30.1 Å². The van der Waals surface area contributed by atoms with E-state index in [9.17, 15) is 9.50 Å². The van der Waals surface area contributed by atoms with Crippen LogP contribution in [0.3, 0.4) is 0 Å². The molecule has 0 aliphatic rings. The van der Waals surface area contributed by atoms with E-state index in [1.165, 1.54) is 6.07 Å². The van der Waals surface area contributed by atoms with E-state index in [-0.39, 0.29) is 48.3 Å². The summed E-state index contributed by atoms with van der Waals surface area (Å²) in [6.07, 6.45) is 1.59. The Kier molecular flexibility index (Phi) is 14.3. The minimum Gasteiger partial charge on any atom is -0.486 e. The van der Waals surface area contributed by atoms with Gasteiger partial charge in [0.15, 0.2) is 17.5 Å². The average molecular weight is 495 g/mol. The Morgan fingerprint density at radius 1 is 1.22 bits per heavy atom. The molecule has 1 aromatic carbocycles. The molecule has 0 heterocycles. The Hall–Kier alpha value is -1.09. The molecule has 0 saturated carbocycles. The van der Waals surface area contributed by atoms with Crippen LogP contribution in [0.15, 0.2) is 29.3 Å². The van der Waals surface area contributed by atoms with E-state index in [2.05, 4.69) is 29.5 Å². The normalized spacial score (nSPS) is 13.7. The van der Waals surface area contributed by atoms with Crippen molar-refractivity contribution in [2.45, 2.75) is 46.6 Å². The van der Waals surface area contributed by atoms with Crippen molar-refractivity contribution in [1.82, 2.24) is 10.6 Å². The predicted octanol–water partition coefficient (Wildman–Crippen LogP) is 3.81. The number of ether oxygens (including phenoxy) is 1. The van der Waals surface area contributed by atoms with Crippen LogP contribution < -0.4 is 15.4 Å². The number of hydrogen-bond donors (Lipinski definition) is 3. The molecule has 156 valence electrons. The monoisotopic (exact) mass is 495 g/mol. The first kappa shape index (κ1) is 25.9. The zero-order chi connectivity index (χ0) is 19.4. The summed E-state index contributed by atoms with van der Waals surface area (Å²) < 4.78 is 19.3. The van der Waals surface area contributed by atoms with Crippen LogP contribution in [0.1, 0.15) is 40.5 Å². The Morgan fingerprint density at radius 2 is 1.93 bits per heavy atom. The molecule has 1 aromatic rings. The molecule has 3 N–H and O–H groups in total. The lowest BCUT2D eigenvalue weighted by atomic mass is 9.94. The highest BCUT2D eigenvalue weighted by atomic mass is 127. The lowest BCUT2D eigenvalue weighted by molar-refractivity contribution is 0.214. The molecular formula is C20H35FIN3O2. The van der Waals surface area contributed by atoms with Gasteiger partial charge in [-0.15, -0.1) is 24.0 Å². The maximum absolute atomic E-state index is 13.7. The maximum atomic E-state index is 13.7. The van der Waals surface area contributed by atoms with Gasteiger partial charge in [-0.2, -0.15) is 0 Å². The van der Waals surface area contributed by atoms with Crippen LogP contribution in [-0.4, -0.2) is 43.4 Å². The number of aliphatic hydroxyl groups excluding tert-OH is 1. The van der Waals surface area contributed by atoms with Crippen LogP contribution in [0.4, 0.5) is 4.39 Å². The first-order valence-electron chi connectivity index (χ1n) is 9.50. The number of nitrogens with one attached hydrogen (secondary N) is 2. The standard InChI is InChI=1S/C20H34FN3O2.HI/c1-5-22-20(24-14-17(10-11-25)12-15(2)3)23-13-16(4)26-19-9-7-6-8-18(19)21;/h6-9,15-17,25H,5,10-14H2,1-4H3,(H2,22,23,24);1H. The number of nitrogens with zero attached hydrogens (tertiary/aromatic N) is 1. The number of aliphatic hydroxyl groups is 1. The minimum absolute atomic E-state index is 0. The second kappa shape index (κ2) is 14.9. The van der Waals surface area contributed by atoms with Gasteiger partial charge in [-0.1, -0.05) is 26.0 Å². The molecule has 5 nitrogen and oxygen atoms in total. The molecule has 1 rings (SSSR count). The highest BCUT2D eigenvalue weighted by Crippen LogP contribution is 2.17. The average Bonchev–Trinajstić information content (AvgIpc) is 2.59. The minimum atomic E-state index is -0.361. The molecule has 2 atom stereocenters. The number of hydrogen-bond acceptors (Lipinski definition) is 3. The van der Waals surface area contributed by atoms with E-state index in [1.54, 1.807) is 18.2 Å². The molecule has 0 spiro atoms. The van der Waals surface area contributed by atoms with E-state index < -0.39 is 0 Å². The molecule has 0 radical (unpaired) electrons. The van der Waals surface area contributed by atoms with Gasteiger partial charge in [-0.3, -0.25) is 4.99 Å². The summed E-state index contributed by atoms with van der Waals surface area (Å²) in [6.45, 7) is 10.4. The summed E-state index contributed by atoms with van der Waals surface area (Å²) in [5, 5.41) is 15.7. The maximum Gasteiger partial charge on any atom is 0.191 e. The summed E-state index contributed by atoms with van der Waals surface area (Å²) in [5.74, 6) is 1.54. The topological polar surface area (TPSA) is 65.9 Å². The van der Waals surface area contributed by atoms with Crippen molar-refractivity contribution < 1.29 is 14.2 Å². The van der Waals surface area contributed by atoms with Crippen LogP contribution in [0, 0.1) is 17.7 Å². The number of para-hydroxylation sites is 1. The Balaban J connectivity index is 0.00000676. The Morgan fingerprint density at radius 3 is 2.52 bits per heavy atom. The summed E-state index contributed by atoms with van der Waals surface area (Å²) in [6, 6.07) is 6.40. The summed E-state index contributed by atoms with van der Waals surface area (Å²) in [7, 11) is 0. The number of guanidine groups is 1. The highest BCUT2D eigenvalue weighted by Gasteiger charge is 2.12. The highest BCUT2D eigenvalue weighted by molar-refractivity contribution is 14.0. The van der Waals surface area contributed by atoms with Gasteiger partial charge in [-0.05, 0) is 50.7 Å². The number of rotatable bonds is 11.